The quantitative estimate of drug-likeness (QED) is 0.691. The Morgan fingerprint density at radius 3 is 2.82 bits per heavy atom. The molecule has 1 aromatic heterocycles. The van der Waals surface area contributed by atoms with Crippen molar-refractivity contribution in [3.05, 3.63) is 64.9 Å². The molecule has 0 aliphatic carbocycles. The molecule has 0 aliphatic rings. The van der Waals surface area contributed by atoms with Gasteiger partial charge in [0.2, 0.25) is 0 Å². The fraction of sp³-hybridized carbons (Fsp3) is 0.278. The van der Waals surface area contributed by atoms with Crippen molar-refractivity contribution < 1.29 is 9.53 Å². The summed E-state index contributed by atoms with van der Waals surface area (Å²) in [5.41, 5.74) is 1.11. The predicted molar refractivity (Wildman–Crippen MR) is 91.2 cm³/mol. The summed E-state index contributed by atoms with van der Waals surface area (Å²) in [6.07, 6.45) is 2.63. The second-order valence-corrected chi connectivity index (χ2v) is 5.92. The highest BCUT2D eigenvalue weighted by Gasteiger charge is 2.14. The summed E-state index contributed by atoms with van der Waals surface area (Å²) in [4.78, 5) is 15.3. The number of rotatable bonds is 8. The van der Waals surface area contributed by atoms with E-state index in [0.717, 1.165) is 22.6 Å². The fourth-order valence-electron chi connectivity index (χ4n) is 2.17. The lowest BCUT2D eigenvalue weighted by Crippen LogP contribution is -2.34. The number of hydrogen-bond donors (Lipinski definition) is 0. The third-order valence-electron chi connectivity index (χ3n) is 3.33. The van der Waals surface area contributed by atoms with Gasteiger partial charge in [0.25, 0.3) is 5.91 Å². The van der Waals surface area contributed by atoms with E-state index in [2.05, 4.69) is 13.5 Å². The largest absolute Gasteiger partial charge is 0.483 e. The Labute approximate surface area is 135 Å². The van der Waals surface area contributed by atoms with Crippen LogP contribution in [0.3, 0.4) is 0 Å². The van der Waals surface area contributed by atoms with Crippen LogP contribution < -0.4 is 4.74 Å². The standard InChI is InChI=1S/C18H21NO2S/c1-3-11-19(13-16-9-7-12-22-16)18(20)14-21-17-10-6-5-8-15(17)4-2/h3,5-10,12H,1,4,11,13-14H2,2H3. The van der Waals surface area contributed by atoms with Gasteiger partial charge in [0, 0.05) is 11.4 Å². The summed E-state index contributed by atoms with van der Waals surface area (Å²) in [5.74, 6) is 0.757. The van der Waals surface area contributed by atoms with Crippen molar-refractivity contribution in [2.24, 2.45) is 0 Å². The highest BCUT2D eigenvalue weighted by atomic mass is 32.1. The first kappa shape index (κ1) is 16.3. The average Bonchev–Trinajstić information content (AvgIpc) is 3.05. The molecular weight excluding hydrogens is 294 g/mol. The van der Waals surface area contributed by atoms with E-state index < -0.39 is 0 Å². The van der Waals surface area contributed by atoms with E-state index in [1.165, 1.54) is 0 Å². The zero-order valence-electron chi connectivity index (χ0n) is 12.8. The number of amides is 1. The Morgan fingerprint density at radius 2 is 2.14 bits per heavy atom. The van der Waals surface area contributed by atoms with E-state index >= 15 is 0 Å². The van der Waals surface area contributed by atoms with Crippen LogP contribution in [0, 0.1) is 0 Å². The number of nitrogens with zero attached hydrogens (tertiary/aromatic N) is 1. The molecule has 2 rings (SSSR count). The number of carbonyl (C=O) groups is 1. The molecule has 0 saturated carbocycles. The van der Waals surface area contributed by atoms with Gasteiger partial charge in [0.1, 0.15) is 5.75 Å². The second-order valence-electron chi connectivity index (χ2n) is 4.89. The van der Waals surface area contributed by atoms with Crippen LogP contribution in [0.15, 0.2) is 54.4 Å². The summed E-state index contributed by atoms with van der Waals surface area (Å²) < 4.78 is 5.71. The Morgan fingerprint density at radius 1 is 1.32 bits per heavy atom. The van der Waals surface area contributed by atoms with Gasteiger partial charge >= 0.3 is 0 Å². The number of para-hydroxylation sites is 1. The third-order valence-corrected chi connectivity index (χ3v) is 4.19. The van der Waals surface area contributed by atoms with E-state index in [1.807, 2.05) is 41.8 Å². The SMILES string of the molecule is C=CCN(Cc1cccs1)C(=O)COc1ccccc1CC. The fourth-order valence-corrected chi connectivity index (χ4v) is 2.89. The molecule has 116 valence electrons. The average molecular weight is 315 g/mol. The molecule has 0 fully saturated rings. The Kier molecular flexibility index (Phi) is 6.22. The summed E-state index contributed by atoms with van der Waals surface area (Å²) >= 11 is 1.65. The minimum atomic E-state index is -0.0285. The minimum Gasteiger partial charge on any atom is -0.483 e. The molecule has 0 spiro atoms. The van der Waals surface area contributed by atoms with Gasteiger partial charge in [-0.1, -0.05) is 37.3 Å². The van der Waals surface area contributed by atoms with Gasteiger partial charge in [-0.2, -0.15) is 0 Å². The number of benzene rings is 1. The summed E-state index contributed by atoms with van der Waals surface area (Å²) in [6.45, 7) is 6.97. The van der Waals surface area contributed by atoms with Crippen LogP contribution in [0.4, 0.5) is 0 Å². The normalized spacial score (nSPS) is 10.2. The Bertz CT molecular complexity index is 607. The van der Waals surface area contributed by atoms with Gasteiger partial charge in [-0.25, -0.2) is 0 Å². The monoisotopic (exact) mass is 315 g/mol. The number of hydrogen-bond acceptors (Lipinski definition) is 3. The zero-order chi connectivity index (χ0) is 15.8. The number of thiophene rings is 1. The van der Waals surface area contributed by atoms with Gasteiger partial charge < -0.3 is 9.64 Å². The number of ether oxygens (including phenoxy) is 1. The molecule has 3 nitrogen and oxygen atoms in total. The van der Waals surface area contributed by atoms with E-state index in [1.54, 1.807) is 22.3 Å². The molecule has 0 N–H and O–H groups in total. The molecule has 0 aliphatic heterocycles. The Hall–Kier alpha value is -2.07. The van der Waals surface area contributed by atoms with E-state index in [9.17, 15) is 4.79 Å². The van der Waals surface area contributed by atoms with Crippen LogP contribution in [0.5, 0.6) is 5.75 Å². The van der Waals surface area contributed by atoms with Gasteiger partial charge in [0.15, 0.2) is 6.61 Å². The third kappa shape index (κ3) is 4.46. The molecule has 0 radical (unpaired) electrons. The van der Waals surface area contributed by atoms with Crippen LogP contribution in [0.2, 0.25) is 0 Å². The van der Waals surface area contributed by atoms with Gasteiger partial charge in [0.05, 0.1) is 6.54 Å². The number of aryl methyl sites for hydroxylation is 1. The number of carbonyl (C=O) groups excluding carboxylic acids is 1. The van der Waals surface area contributed by atoms with Crippen LogP contribution in [-0.4, -0.2) is 24.0 Å². The summed E-state index contributed by atoms with van der Waals surface area (Å²) in [7, 11) is 0. The molecule has 22 heavy (non-hydrogen) atoms. The molecule has 4 heteroatoms. The lowest BCUT2D eigenvalue weighted by atomic mass is 10.1. The maximum Gasteiger partial charge on any atom is 0.261 e. The van der Waals surface area contributed by atoms with Crippen molar-refractivity contribution in [3.8, 4) is 5.75 Å². The predicted octanol–water partition coefficient (Wildman–Crippen LogP) is 3.90. The first-order valence-corrected chi connectivity index (χ1v) is 8.24. The van der Waals surface area contributed by atoms with Gasteiger partial charge in [-0.3, -0.25) is 4.79 Å². The molecule has 1 aromatic carbocycles. The van der Waals surface area contributed by atoms with E-state index in [4.69, 9.17) is 4.74 Å². The maximum absolute atomic E-state index is 12.4. The van der Waals surface area contributed by atoms with E-state index in [-0.39, 0.29) is 12.5 Å². The van der Waals surface area contributed by atoms with Crippen LogP contribution in [-0.2, 0) is 17.8 Å². The minimum absolute atomic E-state index is 0.0285. The van der Waals surface area contributed by atoms with Crippen LogP contribution in [0.25, 0.3) is 0 Å². The first-order valence-electron chi connectivity index (χ1n) is 7.36. The van der Waals surface area contributed by atoms with Crippen molar-refractivity contribution in [1.29, 1.82) is 0 Å². The topological polar surface area (TPSA) is 29.5 Å². The molecule has 0 saturated heterocycles. The van der Waals surface area contributed by atoms with Gasteiger partial charge in [-0.15, -0.1) is 17.9 Å². The van der Waals surface area contributed by atoms with E-state index in [0.29, 0.717) is 13.1 Å². The zero-order valence-corrected chi connectivity index (χ0v) is 13.6. The van der Waals surface area contributed by atoms with Crippen molar-refractivity contribution in [1.82, 2.24) is 4.90 Å². The molecule has 1 amide bonds. The second kappa shape index (κ2) is 8.39. The molecule has 0 unspecified atom stereocenters. The van der Waals surface area contributed by atoms with Crippen molar-refractivity contribution in [2.45, 2.75) is 19.9 Å². The van der Waals surface area contributed by atoms with Crippen molar-refractivity contribution >= 4 is 17.2 Å². The molecule has 0 bridgehead atoms. The molecule has 2 aromatic rings. The molecule has 0 atom stereocenters. The lowest BCUT2D eigenvalue weighted by Gasteiger charge is -2.21. The van der Waals surface area contributed by atoms with Crippen molar-refractivity contribution in [3.63, 3.8) is 0 Å². The Balaban J connectivity index is 1.97. The van der Waals surface area contributed by atoms with Crippen LogP contribution in [0.1, 0.15) is 17.4 Å². The summed E-state index contributed by atoms with van der Waals surface area (Å²) in [5, 5.41) is 2.01. The maximum atomic E-state index is 12.4. The highest BCUT2D eigenvalue weighted by Crippen LogP contribution is 2.18. The van der Waals surface area contributed by atoms with Gasteiger partial charge in [-0.05, 0) is 29.5 Å². The lowest BCUT2D eigenvalue weighted by molar-refractivity contribution is -0.133. The molecular formula is C18H21NO2S. The summed E-state index contributed by atoms with van der Waals surface area (Å²) in [6, 6.07) is 11.8. The molecule has 1 heterocycles. The van der Waals surface area contributed by atoms with Crippen LogP contribution >= 0.6 is 11.3 Å². The highest BCUT2D eigenvalue weighted by molar-refractivity contribution is 7.09. The van der Waals surface area contributed by atoms with Crippen molar-refractivity contribution in [2.75, 3.05) is 13.2 Å². The first-order chi connectivity index (χ1) is 10.7. The smallest absolute Gasteiger partial charge is 0.261 e.